The van der Waals surface area contributed by atoms with Gasteiger partial charge in [-0.25, -0.2) is 15.0 Å². The summed E-state index contributed by atoms with van der Waals surface area (Å²) in [5.74, 6) is 0.779. The summed E-state index contributed by atoms with van der Waals surface area (Å²) in [5, 5.41) is 14.4. The van der Waals surface area contributed by atoms with Gasteiger partial charge < -0.3 is 4.57 Å². The van der Waals surface area contributed by atoms with E-state index in [9.17, 15) is 5.26 Å². The fraction of sp³-hybridized carbons (Fsp3) is 0. The van der Waals surface area contributed by atoms with Crippen LogP contribution in [0.1, 0.15) is 5.56 Å². The summed E-state index contributed by atoms with van der Waals surface area (Å²) >= 11 is 0. The van der Waals surface area contributed by atoms with Crippen molar-refractivity contribution in [1.29, 1.82) is 5.26 Å². The Balaban J connectivity index is 1.07. The van der Waals surface area contributed by atoms with Crippen molar-refractivity contribution >= 4 is 43.6 Å². The molecular formula is C58H36N6. The van der Waals surface area contributed by atoms with Crippen molar-refractivity contribution in [2.45, 2.75) is 0 Å². The number of pyridine rings is 3. The summed E-state index contributed by atoms with van der Waals surface area (Å²) in [7, 11) is 0. The molecule has 0 spiro atoms. The summed E-state index contributed by atoms with van der Waals surface area (Å²) in [6.45, 7) is 0. The molecular weight excluding hydrogens is 781 g/mol. The molecule has 6 heteroatoms. The second-order valence-electron chi connectivity index (χ2n) is 16.0. The van der Waals surface area contributed by atoms with Crippen LogP contribution in [0.5, 0.6) is 0 Å². The van der Waals surface area contributed by atoms with Crippen LogP contribution in [0.4, 0.5) is 0 Å². The number of hydrogen-bond donors (Lipinski definition) is 0. The molecule has 0 aliphatic heterocycles. The number of fused-ring (bicyclic) bond motifs is 6. The summed E-state index contributed by atoms with van der Waals surface area (Å²) in [6, 6.07) is 75.6. The number of nitriles is 1. The molecule has 12 rings (SSSR count). The van der Waals surface area contributed by atoms with Gasteiger partial charge in [-0.1, -0.05) is 146 Å². The fourth-order valence-electron chi connectivity index (χ4n) is 9.19. The van der Waals surface area contributed by atoms with Gasteiger partial charge >= 0.3 is 0 Å². The summed E-state index contributed by atoms with van der Waals surface area (Å²) in [4.78, 5) is 15.6. The zero-order valence-corrected chi connectivity index (χ0v) is 34.5. The Hall–Kier alpha value is -8.92. The normalized spacial score (nSPS) is 11.4. The first-order chi connectivity index (χ1) is 31.7. The van der Waals surface area contributed by atoms with E-state index in [1.54, 1.807) is 0 Å². The van der Waals surface area contributed by atoms with E-state index in [-0.39, 0.29) is 0 Å². The molecule has 0 amide bonds. The molecule has 0 aliphatic carbocycles. The van der Waals surface area contributed by atoms with E-state index in [2.05, 4.69) is 167 Å². The van der Waals surface area contributed by atoms with Gasteiger partial charge in [0.1, 0.15) is 5.82 Å². The number of rotatable bonds is 7. The molecule has 0 saturated carbocycles. The Morgan fingerprint density at radius 1 is 0.359 bits per heavy atom. The molecule has 0 atom stereocenters. The Kier molecular flexibility index (Phi) is 8.77. The largest absolute Gasteiger partial charge is 0.307 e. The van der Waals surface area contributed by atoms with E-state index in [4.69, 9.17) is 15.0 Å². The molecule has 5 heterocycles. The molecule has 64 heavy (non-hydrogen) atoms. The van der Waals surface area contributed by atoms with E-state index >= 15 is 0 Å². The zero-order valence-electron chi connectivity index (χ0n) is 34.5. The third kappa shape index (κ3) is 6.22. The maximum atomic E-state index is 9.81. The monoisotopic (exact) mass is 816 g/mol. The van der Waals surface area contributed by atoms with Crippen molar-refractivity contribution in [1.82, 2.24) is 24.1 Å². The van der Waals surface area contributed by atoms with Gasteiger partial charge in [0.05, 0.1) is 68.4 Å². The second-order valence-corrected chi connectivity index (χ2v) is 16.0. The third-order valence-electron chi connectivity index (χ3n) is 12.2. The maximum Gasteiger partial charge on any atom is 0.138 e. The van der Waals surface area contributed by atoms with Crippen molar-refractivity contribution in [2.75, 3.05) is 0 Å². The van der Waals surface area contributed by atoms with Crippen molar-refractivity contribution in [3.63, 3.8) is 0 Å². The third-order valence-corrected chi connectivity index (χ3v) is 12.2. The highest BCUT2D eigenvalue weighted by atomic mass is 15.1. The molecule has 0 unspecified atom stereocenters. The minimum atomic E-state index is 0.603. The van der Waals surface area contributed by atoms with Gasteiger partial charge in [0, 0.05) is 49.4 Å². The lowest BCUT2D eigenvalue weighted by Gasteiger charge is -2.17. The molecule has 7 aromatic carbocycles. The lowest BCUT2D eigenvalue weighted by Crippen LogP contribution is -2.03. The second kappa shape index (κ2) is 15.2. The molecule has 6 nitrogen and oxygen atoms in total. The highest BCUT2D eigenvalue weighted by Gasteiger charge is 2.21. The molecule has 5 aromatic heterocycles. The number of nitrogens with zero attached hydrogens (tertiary/aromatic N) is 6. The lowest BCUT2D eigenvalue weighted by atomic mass is 10.0. The number of para-hydroxylation sites is 2. The molecule has 0 saturated heterocycles. The predicted molar refractivity (Wildman–Crippen MR) is 260 cm³/mol. The summed E-state index contributed by atoms with van der Waals surface area (Å²) < 4.78 is 4.59. The van der Waals surface area contributed by atoms with Gasteiger partial charge in [0.2, 0.25) is 0 Å². The van der Waals surface area contributed by atoms with Gasteiger partial charge in [-0.3, -0.25) is 4.57 Å². The van der Waals surface area contributed by atoms with E-state index in [0.717, 1.165) is 111 Å². The summed E-state index contributed by atoms with van der Waals surface area (Å²) in [6.07, 6.45) is 2.01. The van der Waals surface area contributed by atoms with Gasteiger partial charge in [0.25, 0.3) is 0 Å². The quantitative estimate of drug-likeness (QED) is 0.161. The van der Waals surface area contributed by atoms with Gasteiger partial charge in [0.15, 0.2) is 0 Å². The van der Waals surface area contributed by atoms with Crippen LogP contribution in [-0.2, 0) is 0 Å². The van der Waals surface area contributed by atoms with Crippen LogP contribution in [0.2, 0.25) is 0 Å². The van der Waals surface area contributed by atoms with Crippen molar-refractivity contribution in [3.05, 3.63) is 224 Å². The van der Waals surface area contributed by atoms with Crippen LogP contribution in [0.3, 0.4) is 0 Å². The molecule has 298 valence electrons. The Morgan fingerprint density at radius 2 is 0.812 bits per heavy atom. The van der Waals surface area contributed by atoms with Crippen LogP contribution in [0, 0.1) is 11.3 Å². The summed E-state index contributed by atoms with van der Waals surface area (Å²) in [5.41, 5.74) is 15.5. The van der Waals surface area contributed by atoms with Crippen LogP contribution in [-0.4, -0.2) is 24.1 Å². The number of hydrogen-bond acceptors (Lipinski definition) is 4. The van der Waals surface area contributed by atoms with Crippen molar-refractivity contribution in [3.8, 4) is 73.7 Å². The molecule has 0 fully saturated rings. The Bertz CT molecular complexity index is 3780. The van der Waals surface area contributed by atoms with Crippen LogP contribution in [0.15, 0.2) is 219 Å². The van der Waals surface area contributed by atoms with E-state index in [0.29, 0.717) is 5.56 Å². The molecule has 0 N–H and O–H groups in total. The van der Waals surface area contributed by atoms with E-state index in [1.807, 2.05) is 66.9 Å². The van der Waals surface area contributed by atoms with Crippen molar-refractivity contribution in [2.24, 2.45) is 0 Å². The number of benzene rings is 7. The molecule has 0 aliphatic rings. The molecule has 0 bridgehead atoms. The topological polar surface area (TPSA) is 72.3 Å². The predicted octanol–water partition coefficient (Wildman–Crippen LogP) is 14.3. The average molecular weight is 817 g/mol. The van der Waals surface area contributed by atoms with Gasteiger partial charge in [-0.15, -0.1) is 0 Å². The lowest BCUT2D eigenvalue weighted by molar-refractivity contribution is 1.06. The first-order valence-electron chi connectivity index (χ1n) is 21.3. The highest BCUT2D eigenvalue weighted by molar-refractivity contribution is 6.12. The zero-order chi connectivity index (χ0) is 42.6. The average Bonchev–Trinajstić information content (AvgIpc) is 3.89. The van der Waals surface area contributed by atoms with Crippen LogP contribution in [0.25, 0.3) is 111 Å². The first-order valence-corrected chi connectivity index (χ1v) is 21.3. The van der Waals surface area contributed by atoms with E-state index < -0.39 is 0 Å². The number of aromatic nitrogens is 5. The smallest absolute Gasteiger partial charge is 0.138 e. The minimum absolute atomic E-state index is 0.603. The van der Waals surface area contributed by atoms with E-state index in [1.165, 1.54) is 0 Å². The Morgan fingerprint density at radius 3 is 1.36 bits per heavy atom. The maximum absolute atomic E-state index is 9.81. The first kappa shape index (κ1) is 36.9. The molecule has 0 radical (unpaired) electrons. The van der Waals surface area contributed by atoms with Crippen LogP contribution >= 0.6 is 0 Å². The fourth-order valence-corrected chi connectivity index (χ4v) is 9.19. The van der Waals surface area contributed by atoms with Crippen molar-refractivity contribution < 1.29 is 0 Å². The SMILES string of the molecule is N#Cc1ccc(-c2cc(-n3c4ccccc4c4ccc(-c5cccc(-c6ccccc6)n5)cc43)ncc2-n2c3ccccc3c3ccc(-c4cccc(-c5ccccc5)n4)cc32)cc1. The Labute approximate surface area is 369 Å². The molecule has 12 aromatic rings. The standard InChI is InChI=1S/C58H36N6/c59-36-38-25-27-39(28-26-38)48-35-58(64-54-24-10-8-18-45(54)47-32-30-43(34-56(47)64)52-22-12-20-50(62-52)41-15-5-2-6-16-41)60-37-57(48)63-53-23-9-7-17-44(53)46-31-29-42(33-55(46)63)51-21-11-19-49(61-51)40-13-3-1-4-14-40/h1-35,37H. The highest BCUT2D eigenvalue weighted by Crippen LogP contribution is 2.40. The van der Waals surface area contributed by atoms with Gasteiger partial charge in [-0.2, -0.15) is 5.26 Å². The van der Waals surface area contributed by atoms with Gasteiger partial charge in [-0.05, 0) is 72.3 Å². The van der Waals surface area contributed by atoms with Crippen LogP contribution < -0.4 is 0 Å². The minimum Gasteiger partial charge on any atom is -0.307 e.